The topological polar surface area (TPSA) is 29.5 Å². The fraction of sp³-hybridized carbons (Fsp3) is 0.143. The molecule has 0 bridgehead atoms. The third-order valence-electron chi connectivity index (χ3n) is 2.43. The van der Waals surface area contributed by atoms with Gasteiger partial charge in [0.2, 0.25) is 0 Å². The maximum Gasteiger partial charge on any atom is 0.141 e. The molecule has 0 saturated carbocycles. The molecule has 88 valence electrons. The molecule has 0 spiro atoms. The Labute approximate surface area is 109 Å². The van der Waals surface area contributed by atoms with Gasteiger partial charge in [0.25, 0.3) is 0 Å². The zero-order chi connectivity index (χ0) is 12.3. The molecule has 2 rings (SSSR count). The van der Waals surface area contributed by atoms with Crippen LogP contribution in [0.4, 0.5) is 0 Å². The van der Waals surface area contributed by atoms with Crippen LogP contribution in [0.2, 0.25) is 0 Å². The SMILES string of the molecule is Cc1ccc(Oc2ccc(CO)cc2Br)cc1. The van der Waals surface area contributed by atoms with Crippen LogP contribution in [0, 0.1) is 6.92 Å². The molecule has 0 aliphatic carbocycles. The molecule has 0 atom stereocenters. The van der Waals surface area contributed by atoms with E-state index in [2.05, 4.69) is 15.9 Å². The Morgan fingerprint density at radius 3 is 2.41 bits per heavy atom. The van der Waals surface area contributed by atoms with E-state index in [-0.39, 0.29) is 6.61 Å². The lowest BCUT2D eigenvalue weighted by Gasteiger charge is -2.08. The highest BCUT2D eigenvalue weighted by Gasteiger charge is 2.03. The minimum absolute atomic E-state index is 0.0312. The van der Waals surface area contributed by atoms with Crippen LogP contribution in [0.1, 0.15) is 11.1 Å². The van der Waals surface area contributed by atoms with Crippen LogP contribution in [0.25, 0.3) is 0 Å². The Hall–Kier alpha value is -1.32. The average molecular weight is 293 g/mol. The Bertz CT molecular complexity index is 506. The van der Waals surface area contributed by atoms with Crippen LogP contribution in [-0.4, -0.2) is 5.11 Å². The molecule has 0 aromatic heterocycles. The van der Waals surface area contributed by atoms with Gasteiger partial charge in [0.15, 0.2) is 0 Å². The van der Waals surface area contributed by atoms with Crippen molar-refractivity contribution in [2.45, 2.75) is 13.5 Å². The lowest BCUT2D eigenvalue weighted by molar-refractivity contribution is 0.281. The van der Waals surface area contributed by atoms with Crippen LogP contribution in [0.5, 0.6) is 11.5 Å². The first kappa shape index (κ1) is 12.1. The van der Waals surface area contributed by atoms with E-state index < -0.39 is 0 Å². The zero-order valence-corrected chi connectivity index (χ0v) is 11.1. The predicted molar refractivity (Wildman–Crippen MR) is 71.3 cm³/mol. The van der Waals surface area contributed by atoms with Gasteiger partial charge in [0.1, 0.15) is 11.5 Å². The van der Waals surface area contributed by atoms with Crippen molar-refractivity contribution < 1.29 is 9.84 Å². The van der Waals surface area contributed by atoms with E-state index in [4.69, 9.17) is 9.84 Å². The third-order valence-corrected chi connectivity index (χ3v) is 3.05. The number of benzene rings is 2. The second-order valence-corrected chi connectivity index (χ2v) is 4.69. The smallest absolute Gasteiger partial charge is 0.141 e. The second-order valence-electron chi connectivity index (χ2n) is 3.84. The van der Waals surface area contributed by atoms with Crippen molar-refractivity contribution in [3.05, 3.63) is 58.1 Å². The van der Waals surface area contributed by atoms with Crippen molar-refractivity contribution >= 4 is 15.9 Å². The predicted octanol–water partition coefficient (Wildman–Crippen LogP) is 4.04. The van der Waals surface area contributed by atoms with E-state index in [1.54, 1.807) is 0 Å². The van der Waals surface area contributed by atoms with E-state index in [9.17, 15) is 0 Å². The summed E-state index contributed by atoms with van der Waals surface area (Å²) in [4.78, 5) is 0. The van der Waals surface area contributed by atoms with E-state index in [0.717, 1.165) is 21.5 Å². The van der Waals surface area contributed by atoms with Crippen molar-refractivity contribution in [3.63, 3.8) is 0 Å². The first-order valence-electron chi connectivity index (χ1n) is 5.33. The standard InChI is InChI=1S/C14H13BrO2/c1-10-2-5-12(6-3-10)17-14-7-4-11(9-16)8-13(14)15/h2-8,16H,9H2,1H3. The quantitative estimate of drug-likeness (QED) is 0.925. The zero-order valence-electron chi connectivity index (χ0n) is 9.48. The van der Waals surface area contributed by atoms with Gasteiger partial charge in [0, 0.05) is 0 Å². The van der Waals surface area contributed by atoms with Gasteiger partial charge in [0.05, 0.1) is 11.1 Å². The summed E-state index contributed by atoms with van der Waals surface area (Å²) < 4.78 is 6.57. The molecule has 0 amide bonds. The molecule has 0 aliphatic heterocycles. The molecule has 0 saturated heterocycles. The maximum absolute atomic E-state index is 9.01. The van der Waals surface area contributed by atoms with Crippen LogP contribution >= 0.6 is 15.9 Å². The molecular weight excluding hydrogens is 280 g/mol. The molecule has 0 aliphatic rings. The highest BCUT2D eigenvalue weighted by molar-refractivity contribution is 9.10. The molecule has 2 aromatic carbocycles. The lowest BCUT2D eigenvalue weighted by atomic mass is 10.2. The number of aryl methyl sites for hydroxylation is 1. The monoisotopic (exact) mass is 292 g/mol. The minimum Gasteiger partial charge on any atom is -0.456 e. The number of hydrogen-bond donors (Lipinski definition) is 1. The minimum atomic E-state index is 0.0312. The lowest BCUT2D eigenvalue weighted by Crippen LogP contribution is -1.88. The first-order valence-corrected chi connectivity index (χ1v) is 6.12. The van der Waals surface area contributed by atoms with Crippen molar-refractivity contribution in [3.8, 4) is 11.5 Å². The number of aliphatic hydroxyl groups excluding tert-OH is 1. The van der Waals surface area contributed by atoms with Gasteiger partial charge in [-0.1, -0.05) is 23.8 Å². The first-order chi connectivity index (χ1) is 8.19. The summed E-state index contributed by atoms with van der Waals surface area (Å²) >= 11 is 3.42. The molecule has 0 fully saturated rings. The summed E-state index contributed by atoms with van der Waals surface area (Å²) in [5, 5.41) is 9.01. The summed E-state index contributed by atoms with van der Waals surface area (Å²) in [7, 11) is 0. The average Bonchev–Trinajstić information content (AvgIpc) is 2.34. The summed E-state index contributed by atoms with van der Waals surface area (Å²) in [6, 6.07) is 13.4. The van der Waals surface area contributed by atoms with E-state index >= 15 is 0 Å². The van der Waals surface area contributed by atoms with Gasteiger partial charge >= 0.3 is 0 Å². The molecule has 0 unspecified atom stereocenters. The number of aliphatic hydroxyl groups is 1. The number of halogens is 1. The molecule has 1 N–H and O–H groups in total. The Balaban J connectivity index is 2.21. The van der Waals surface area contributed by atoms with Crippen LogP contribution < -0.4 is 4.74 Å². The fourth-order valence-electron chi connectivity index (χ4n) is 1.46. The fourth-order valence-corrected chi connectivity index (χ4v) is 1.97. The van der Waals surface area contributed by atoms with Gasteiger partial charge in [-0.05, 0) is 52.7 Å². The summed E-state index contributed by atoms with van der Waals surface area (Å²) in [6.07, 6.45) is 0. The number of rotatable bonds is 3. The normalized spacial score (nSPS) is 10.3. The Morgan fingerprint density at radius 2 is 1.82 bits per heavy atom. The summed E-state index contributed by atoms with van der Waals surface area (Å²) in [5.41, 5.74) is 2.06. The van der Waals surface area contributed by atoms with Gasteiger partial charge in [-0.15, -0.1) is 0 Å². The highest BCUT2D eigenvalue weighted by Crippen LogP contribution is 2.30. The molecule has 2 nitrogen and oxygen atoms in total. The van der Waals surface area contributed by atoms with Crippen molar-refractivity contribution in [2.24, 2.45) is 0 Å². The van der Waals surface area contributed by atoms with E-state index in [1.165, 1.54) is 5.56 Å². The van der Waals surface area contributed by atoms with Gasteiger partial charge in [-0.2, -0.15) is 0 Å². The van der Waals surface area contributed by atoms with Crippen LogP contribution in [0.3, 0.4) is 0 Å². The molecule has 17 heavy (non-hydrogen) atoms. The molecular formula is C14H13BrO2. The highest BCUT2D eigenvalue weighted by atomic mass is 79.9. The molecule has 0 heterocycles. The van der Waals surface area contributed by atoms with Crippen molar-refractivity contribution in [1.29, 1.82) is 0 Å². The Morgan fingerprint density at radius 1 is 1.12 bits per heavy atom. The largest absolute Gasteiger partial charge is 0.456 e. The van der Waals surface area contributed by atoms with Gasteiger partial charge in [-0.25, -0.2) is 0 Å². The Kier molecular flexibility index (Phi) is 3.82. The number of hydrogen-bond acceptors (Lipinski definition) is 2. The van der Waals surface area contributed by atoms with Crippen LogP contribution in [-0.2, 0) is 6.61 Å². The summed E-state index contributed by atoms with van der Waals surface area (Å²) in [6.45, 7) is 2.07. The van der Waals surface area contributed by atoms with Crippen molar-refractivity contribution in [1.82, 2.24) is 0 Å². The van der Waals surface area contributed by atoms with Gasteiger partial charge < -0.3 is 9.84 Å². The molecule has 2 aromatic rings. The molecule has 0 radical (unpaired) electrons. The third kappa shape index (κ3) is 3.08. The van der Waals surface area contributed by atoms with Crippen LogP contribution in [0.15, 0.2) is 46.9 Å². The van der Waals surface area contributed by atoms with E-state index in [0.29, 0.717) is 0 Å². The van der Waals surface area contributed by atoms with E-state index in [1.807, 2.05) is 49.4 Å². The van der Waals surface area contributed by atoms with Crippen molar-refractivity contribution in [2.75, 3.05) is 0 Å². The number of ether oxygens (including phenoxy) is 1. The second kappa shape index (κ2) is 5.34. The molecule has 3 heteroatoms. The van der Waals surface area contributed by atoms with Gasteiger partial charge in [-0.3, -0.25) is 0 Å². The maximum atomic E-state index is 9.01. The summed E-state index contributed by atoms with van der Waals surface area (Å²) in [5.74, 6) is 1.54.